The van der Waals surface area contributed by atoms with Crippen LogP contribution in [0.25, 0.3) is 0 Å². The summed E-state index contributed by atoms with van der Waals surface area (Å²) in [5.74, 6) is -0.0246. The average molecular weight is 257 g/mol. The SMILES string of the molecule is N#Cc1ccc(CC(=O)NC2CCC(=O)NC2)cc1. The van der Waals surface area contributed by atoms with Gasteiger partial charge in [0.25, 0.3) is 0 Å². The van der Waals surface area contributed by atoms with E-state index in [1.165, 1.54) is 0 Å². The number of carbonyl (C=O) groups is 2. The second kappa shape index (κ2) is 6.01. The summed E-state index contributed by atoms with van der Waals surface area (Å²) >= 11 is 0. The summed E-state index contributed by atoms with van der Waals surface area (Å²) in [5, 5.41) is 14.3. The van der Waals surface area contributed by atoms with Crippen LogP contribution in [0.5, 0.6) is 0 Å². The number of nitriles is 1. The van der Waals surface area contributed by atoms with Crippen LogP contribution >= 0.6 is 0 Å². The van der Waals surface area contributed by atoms with Crippen LogP contribution in [-0.4, -0.2) is 24.4 Å². The van der Waals surface area contributed by atoms with Crippen molar-refractivity contribution in [2.24, 2.45) is 0 Å². The van der Waals surface area contributed by atoms with Gasteiger partial charge in [0.1, 0.15) is 0 Å². The van der Waals surface area contributed by atoms with Crippen molar-refractivity contribution in [2.45, 2.75) is 25.3 Å². The summed E-state index contributed by atoms with van der Waals surface area (Å²) in [5.41, 5.74) is 1.45. The number of rotatable bonds is 3. The van der Waals surface area contributed by atoms with Crippen LogP contribution in [0.15, 0.2) is 24.3 Å². The Morgan fingerprint density at radius 2 is 2.16 bits per heavy atom. The molecule has 2 amide bonds. The Bertz CT molecular complexity index is 506. The fourth-order valence-corrected chi connectivity index (χ4v) is 2.02. The highest BCUT2D eigenvalue weighted by molar-refractivity contribution is 5.80. The number of hydrogen-bond acceptors (Lipinski definition) is 3. The van der Waals surface area contributed by atoms with Crippen molar-refractivity contribution in [2.75, 3.05) is 6.54 Å². The molecule has 1 aliphatic heterocycles. The van der Waals surface area contributed by atoms with Gasteiger partial charge in [0, 0.05) is 19.0 Å². The van der Waals surface area contributed by atoms with Crippen molar-refractivity contribution < 1.29 is 9.59 Å². The van der Waals surface area contributed by atoms with Gasteiger partial charge < -0.3 is 10.6 Å². The first-order valence-corrected chi connectivity index (χ1v) is 6.22. The van der Waals surface area contributed by atoms with E-state index in [2.05, 4.69) is 10.6 Å². The molecule has 2 rings (SSSR count). The number of benzene rings is 1. The zero-order valence-electron chi connectivity index (χ0n) is 10.5. The molecule has 0 bridgehead atoms. The van der Waals surface area contributed by atoms with E-state index >= 15 is 0 Å². The van der Waals surface area contributed by atoms with Crippen molar-refractivity contribution in [1.29, 1.82) is 5.26 Å². The molecular formula is C14H15N3O2. The minimum Gasteiger partial charge on any atom is -0.354 e. The third kappa shape index (κ3) is 3.81. The van der Waals surface area contributed by atoms with E-state index in [4.69, 9.17) is 5.26 Å². The van der Waals surface area contributed by atoms with Crippen LogP contribution < -0.4 is 10.6 Å². The monoisotopic (exact) mass is 257 g/mol. The van der Waals surface area contributed by atoms with Gasteiger partial charge in [-0.2, -0.15) is 5.26 Å². The molecule has 0 aliphatic carbocycles. The molecule has 1 atom stereocenters. The van der Waals surface area contributed by atoms with Crippen molar-refractivity contribution in [3.63, 3.8) is 0 Å². The summed E-state index contributed by atoms with van der Waals surface area (Å²) in [4.78, 5) is 22.8. The Morgan fingerprint density at radius 3 is 2.74 bits per heavy atom. The van der Waals surface area contributed by atoms with Gasteiger partial charge in [-0.1, -0.05) is 12.1 Å². The predicted octanol–water partition coefficient (Wildman–Crippen LogP) is 0.496. The number of piperidine rings is 1. The van der Waals surface area contributed by atoms with Gasteiger partial charge >= 0.3 is 0 Å². The number of nitrogens with zero attached hydrogens (tertiary/aromatic N) is 1. The second-order valence-corrected chi connectivity index (χ2v) is 4.59. The van der Waals surface area contributed by atoms with Gasteiger partial charge in [-0.25, -0.2) is 0 Å². The van der Waals surface area contributed by atoms with Crippen molar-refractivity contribution in [3.05, 3.63) is 35.4 Å². The Kier molecular flexibility index (Phi) is 4.14. The third-order valence-corrected chi connectivity index (χ3v) is 3.08. The maximum absolute atomic E-state index is 11.8. The van der Waals surface area contributed by atoms with Crippen molar-refractivity contribution in [1.82, 2.24) is 10.6 Å². The molecule has 98 valence electrons. The van der Waals surface area contributed by atoms with E-state index in [9.17, 15) is 9.59 Å². The van der Waals surface area contributed by atoms with E-state index in [0.717, 1.165) is 5.56 Å². The quantitative estimate of drug-likeness (QED) is 0.827. The third-order valence-electron chi connectivity index (χ3n) is 3.08. The Hall–Kier alpha value is -2.35. The van der Waals surface area contributed by atoms with Crippen LogP contribution in [0.2, 0.25) is 0 Å². The molecule has 0 aromatic heterocycles. The minimum atomic E-state index is -0.0640. The van der Waals surface area contributed by atoms with Crippen molar-refractivity contribution in [3.8, 4) is 6.07 Å². The molecule has 2 N–H and O–H groups in total. The lowest BCUT2D eigenvalue weighted by atomic mass is 10.1. The maximum atomic E-state index is 11.8. The van der Waals surface area contributed by atoms with Gasteiger partial charge in [-0.15, -0.1) is 0 Å². The lowest BCUT2D eigenvalue weighted by Gasteiger charge is -2.23. The molecule has 19 heavy (non-hydrogen) atoms. The normalized spacial score (nSPS) is 18.3. The molecule has 0 radical (unpaired) electrons. The molecular weight excluding hydrogens is 242 g/mol. The molecule has 5 heteroatoms. The zero-order valence-corrected chi connectivity index (χ0v) is 10.5. The van der Waals surface area contributed by atoms with E-state index < -0.39 is 0 Å². The van der Waals surface area contributed by atoms with Crippen LogP contribution in [-0.2, 0) is 16.0 Å². The fraction of sp³-hybridized carbons (Fsp3) is 0.357. The predicted molar refractivity (Wildman–Crippen MR) is 69.0 cm³/mol. The molecule has 1 aromatic carbocycles. The van der Waals surface area contributed by atoms with E-state index in [-0.39, 0.29) is 24.3 Å². The largest absolute Gasteiger partial charge is 0.354 e. The molecule has 1 unspecified atom stereocenters. The van der Waals surface area contributed by atoms with E-state index in [1.807, 2.05) is 6.07 Å². The van der Waals surface area contributed by atoms with Crippen LogP contribution in [0.3, 0.4) is 0 Å². The summed E-state index contributed by atoms with van der Waals surface area (Å²) < 4.78 is 0. The molecule has 1 aromatic rings. The molecule has 1 aliphatic rings. The average Bonchev–Trinajstić information content (AvgIpc) is 2.42. The number of hydrogen-bond donors (Lipinski definition) is 2. The first kappa shape index (κ1) is 13.1. The molecule has 1 heterocycles. The fourth-order valence-electron chi connectivity index (χ4n) is 2.02. The Morgan fingerprint density at radius 1 is 1.42 bits per heavy atom. The highest BCUT2D eigenvalue weighted by Gasteiger charge is 2.19. The van der Waals surface area contributed by atoms with Gasteiger partial charge in [0.2, 0.25) is 11.8 Å². The molecule has 5 nitrogen and oxygen atoms in total. The van der Waals surface area contributed by atoms with Gasteiger partial charge in [-0.3, -0.25) is 9.59 Å². The van der Waals surface area contributed by atoms with E-state index in [1.54, 1.807) is 24.3 Å². The summed E-state index contributed by atoms with van der Waals surface area (Å²) in [6.07, 6.45) is 1.43. The van der Waals surface area contributed by atoms with Gasteiger partial charge in [0.05, 0.1) is 18.1 Å². The standard InChI is InChI=1S/C14H15N3O2/c15-8-11-3-1-10(2-4-11)7-14(19)17-12-5-6-13(18)16-9-12/h1-4,12H,5-7,9H2,(H,16,18)(H,17,19). The number of nitrogens with one attached hydrogen (secondary N) is 2. The molecule has 0 saturated carbocycles. The summed E-state index contributed by atoms with van der Waals surface area (Å²) in [6, 6.07) is 9.01. The van der Waals surface area contributed by atoms with Crippen LogP contribution in [0.4, 0.5) is 0 Å². The minimum absolute atomic E-state index is 0.0172. The lowest BCUT2D eigenvalue weighted by Crippen LogP contribution is -2.48. The Labute approximate surface area is 111 Å². The maximum Gasteiger partial charge on any atom is 0.224 e. The first-order valence-electron chi connectivity index (χ1n) is 6.22. The summed E-state index contributed by atoms with van der Waals surface area (Å²) in [7, 11) is 0. The number of amides is 2. The zero-order chi connectivity index (χ0) is 13.7. The first-order chi connectivity index (χ1) is 9.17. The highest BCUT2D eigenvalue weighted by atomic mass is 16.2. The summed E-state index contributed by atoms with van der Waals surface area (Å²) in [6.45, 7) is 0.498. The van der Waals surface area contributed by atoms with E-state index in [0.29, 0.717) is 24.9 Å². The van der Waals surface area contributed by atoms with Crippen LogP contribution in [0.1, 0.15) is 24.0 Å². The second-order valence-electron chi connectivity index (χ2n) is 4.59. The highest BCUT2D eigenvalue weighted by Crippen LogP contribution is 2.06. The molecule has 1 fully saturated rings. The lowest BCUT2D eigenvalue weighted by molar-refractivity contribution is -0.125. The molecule has 1 saturated heterocycles. The number of carbonyl (C=O) groups excluding carboxylic acids is 2. The van der Waals surface area contributed by atoms with Gasteiger partial charge in [0.15, 0.2) is 0 Å². The smallest absolute Gasteiger partial charge is 0.224 e. The van der Waals surface area contributed by atoms with Crippen molar-refractivity contribution >= 4 is 11.8 Å². The topological polar surface area (TPSA) is 82.0 Å². The van der Waals surface area contributed by atoms with Gasteiger partial charge in [-0.05, 0) is 24.1 Å². The molecule has 0 spiro atoms. The van der Waals surface area contributed by atoms with Crippen LogP contribution in [0, 0.1) is 11.3 Å². The Balaban J connectivity index is 1.83.